The molecule has 1 N–H and O–H groups in total. The first-order valence-corrected chi connectivity index (χ1v) is 9.69. The fraction of sp³-hybridized carbons (Fsp3) is 0.526. The minimum atomic E-state index is -1.01. The summed E-state index contributed by atoms with van der Waals surface area (Å²) >= 11 is 5.99. The molecule has 0 saturated carbocycles. The summed E-state index contributed by atoms with van der Waals surface area (Å²) in [6, 6.07) is 6.44. The SMILES string of the molecule is CCOC(=O)[C@H]1C(=O)NC(N2CCN(CC)CC2)=N[C@H]1c1ccc(Cl)cc1. The normalized spacial score (nSPS) is 23.6. The average molecular weight is 393 g/mol. The number of benzene rings is 1. The number of likely N-dealkylation sites (N-methyl/N-ethyl adjacent to an activating group) is 1. The summed E-state index contributed by atoms with van der Waals surface area (Å²) in [5.74, 6) is -1.42. The highest BCUT2D eigenvalue weighted by atomic mass is 35.5. The van der Waals surface area contributed by atoms with E-state index in [1.54, 1.807) is 31.2 Å². The van der Waals surface area contributed by atoms with Crippen LogP contribution in [0.4, 0.5) is 0 Å². The number of carbonyl (C=O) groups is 2. The number of aliphatic imine (C=N–C) groups is 1. The Morgan fingerprint density at radius 2 is 1.89 bits per heavy atom. The molecule has 2 atom stereocenters. The third kappa shape index (κ3) is 4.42. The van der Waals surface area contributed by atoms with Crippen LogP contribution in [0.15, 0.2) is 29.3 Å². The lowest BCUT2D eigenvalue weighted by Gasteiger charge is -2.38. The quantitative estimate of drug-likeness (QED) is 0.623. The predicted octanol–water partition coefficient (Wildman–Crippen LogP) is 1.68. The van der Waals surface area contributed by atoms with Crippen molar-refractivity contribution in [3.8, 4) is 0 Å². The van der Waals surface area contributed by atoms with E-state index in [0.29, 0.717) is 11.0 Å². The van der Waals surface area contributed by atoms with Crippen LogP contribution < -0.4 is 5.32 Å². The number of esters is 1. The van der Waals surface area contributed by atoms with E-state index in [0.717, 1.165) is 38.3 Å². The van der Waals surface area contributed by atoms with Crippen molar-refractivity contribution in [2.75, 3.05) is 39.3 Å². The van der Waals surface area contributed by atoms with Gasteiger partial charge in [0.2, 0.25) is 11.9 Å². The van der Waals surface area contributed by atoms with Gasteiger partial charge in [-0.05, 0) is 31.2 Å². The molecule has 2 aliphatic rings. The van der Waals surface area contributed by atoms with E-state index in [9.17, 15) is 9.59 Å². The highest BCUT2D eigenvalue weighted by molar-refractivity contribution is 6.30. The van der Waals surface area contributed by atoms with Crippen LogP contribution in [0.2, 0.25) is 5.02 Å². The van der Waals surface area contributed by atoms with Gasteiger partial charge in [0.05, 0.1) is 6.61 Å². The molecule has 2 heterocycles. The molecule has 0 aliphatic carbocycles. The van der Waals surface area contributed by atoms with Crippen LogP contribution in [-0.2, 0) is 14.3 Å². The Labute approximate surface area is 164 Å². The zero-order chi connectivity index (χ0) is 19.4. The van der Waals surface area contributed by atoms with Crippen molar-refractivity contribution < 1.29 is 14.3 Å². The Balaban J connectivity index is 1.90. The largest absolute Gasteiger partial charge is 0.465 e. The Bertz CT molecular complexity index is 714. The molecule has 1 saturated heterocycles. The molecule has 3 rings (SSSR count). The molecular formula is C19H25ClN4O3. The maximum atomic E-state index is 12.8. The number of rotatable bonds is 4. The third-order valence-corrected chi connectivity index (χ3v) is 5.22. The second-order valence-electron chi connectivity index (χ2n) is 6.59. The van der Waals surface area contributed by atoms with Gasteiger partial charge in [0.1, 0.15) is 6.04 Å². The maximum Gasteiger partial charge on any atom is 0.321 e. The van der Waals surface area contributed by atoms with Gasteiger partial charge in [-0.1, -0.05) is 30.7 Å². The van der Waals surface area contributed by atoms with E-state index < -0.39 is 17.9 Å². The molecule has 0 radical (unpaired) electrons. The number of hydrogen-bond acceptors (Lipinski definition) is 6. The minimum Gasteiger partial charge on any atom is -0.465 e. The molecule has 2 aliphatic heterocycles. The lowest BCUT2D eigenvalue weighted by Crippen LogP contribution is -2.57. The van der Waals surface area contributed by atoms with Crippen LogP contribution in [0.1, 0.15) is 25.5 Å². The molecule has 0 bridgehead atoms. The fourth-order valence-corrected chi connectivity index (χ4v) is 3.53. The van der Waals surface area contributed by atoms with E-state index in [-0.39, 0.29) is 12.5 Å². The van der Waals surface area contributed by atoms with E-state index in [1.807, 2.05) is 0 Å². The summed E-state index contributed by atoms with van der Waals surface area (Å²) in [6.45, 7) is 8.47. The zero-order valence-corrected chi connectivity index (χ0v) is 16.4. The zero-order valence-electron chi connectivity index (χ0n) is 15.7. The number of nitrogens with one attached hydrogen (secondary N) is 1. The summed E-state index contributed by atoms with van der Waals surface area (Å²) in [6.07, 6.45) is 0. The number of amides is 1. The Morgan fingerprint density at radius 1 is 1.22 bits per heavy atom. The summed E-state index contributed by atoms with van der Waals surface area (Å²) in [4.78, 5) is 34.4. The van der Waals surface area contributed by atoms with E-state index in [2.05, 4.69) is 22.0 Å². The predicted molar refractivity (Wildman–Crippen MR) is 104 cm³/mol. The average Bonchev–Trinajstić information content (AvgIpc) is 2.68. The monoisotopic (exact) mass is 392 g/mol. The molecular weight excluding hydrogens is 368 g/mol. The molecule has 27 heavy (non-hydrogen) atoms. The highest BCUT2D eigenvalue weighted by Gasteiger charge is 2.42. The summed E-state index contributed by atoms with van der Waals surface area (Å²) in [7, 11) is 0. The smallest absolute Gasteiger partial charge is 0.321 e. The van der Waals surface area contributed by atoms with Crippen molar-refractivity contribution in [2.24, 2.45) is 10.9 Å². The molecule has 0 aromatic heterocycles. The minimum absolute atomic E-state index is 0.214. The molecule has 1 aromatic rings. The number of guanidine groups is 1. The standard InChI is InChI=1S/C19H25ClN4O3/c1-3-23-9-11-24(12-10-23)19-21-16(13-5-7-14(20)8-6-13)15(17(25)22-19)18(26)27-4-2/h5-8,15-16H,3-4,9-12H2,1-2H3,(H,21,22,25)/t15-,16+/m1/s1. The summed E-state index contributed by atoms with van der Waals surface area (Å²) < 4.78 is 5.12. The van der Waals surface area contributed by atoms with Crippen molar-refractivity contribution in [3.63, 3.8) is 0 Å². The van der Waals surface area contributed by atoms with Crippen molar-refractivity contribution >= 4 is 29.4 Å². The van der Waals surface area contributed by atoms with Crippen molar-refractivity contribution in [3.05, 3.63) is 34.9 Å². The highest BCUT2D eigenvalue weighted by Crippen LogP contribution is 2.31. The second kappa shape index (κ2) is 8.71. The number of nitrogens with zero attached hydrogens (tertiary/aromatic N) is 3. The van der Waals surface area contributed by atoms with Crippen molar-refractivity contribution in [1.29, 1.82) is 0 Å². The van der Waals surface area contributed by atoms with Gasteiger partial charge in [0.15, 0.2) is 5.92 Å². The van der Waals surface area contributed by atoms with Gasteiger partial charge in [-0.25, -0.2) is 4.99 Å². The van der Waals surface area contributed by atoms with E-state index in [4.69, 9.17) is 21.3 Å². The van der Waals surface area contributed by atoms with Crippen molar-refractivity contribution in [1.82, 2.24) is 15.1 Å². The Morgan fingerprint density at radius 3 is 2.48 bits per heavy atom. The first kappa shape index (κ1) is 19.6. The van der Waals surface area contributed by atoms with Gasteiger partial charge >= 0.3 is 5.97 Å². The molecule has 8 heteroatoms. The molecule has 0 unspecified atom stereocenters. The van der Waals surface area contributed by atoms with Gasteiger partial charge < -0.3 is 14.5 Å². The van der Waals surface area contributed by atoms with Crippen LogP contribution in [0.5, 0.6) is 0 Å². The van der Waals surface area contributed by atoms with Crippen LogP contribution in [0.25, 0.3) is 0 Å². The molecule has 146 valence electrons. The van der Waals surface area contributed by atoms with Gasteiger partial charge in [-0.3, -0.25) is 14.9 Å². The molecule has 1 aromatic carbocycles. The lowest BCUT2D eigenvalue weighted by atomic mass is 9.91. The van der Waals surface area contributed by atoms with Gasteiger partial charge in [-0.2, -0.15) is 0 Å². The number of piperazine rings is 1. The Kier molecular flexibility index (Phi) is 6.34. The van der Waals surface area contributed by atoms with Crippen LogP contribution in [-0.4, -0.2) is 67.0 Å². The fourth-order valence-electron chi connectivity index (χ4n) is 3.40. The van der Waals surface area contributed by atoms with E-state index in [1.165, 1.54) is 0 Å². The summed E-state index contributed by atoms with van der Waals surface area (Å²) in [5.41, 5.74) is 0.761. The third-order valence-electron chi connectivity index (χ3n) is 4.97. The van der Waals surface area contributed by atoms with Gasteiger partial charge in [0, 0.05) is 31.2 Å². The van der Waals surface area contributed by atoms with Crippen molar-refractivity contribution in [2.45, 2.75) is 19.9 Å². The summed E-state index contributed by atoms with van der Waals surface area (Å²) in [5, 5.41) is 3.40. The molecule has 1 amide bonds. The number of ether oxygens (including phenoxy) is 1. The lowest BCUT2D eigenvalue weighted by molar-refractivity contribution is -0.153. The first-order valence-electron chi connectivity index (χ1n) is 9.31. The maximum absolute atomic E-state index is 12.8. The molecule has 0 spiro atoms. The first-order chi connectivity index (χ1) is 13.0. The van der Waals surface area contributed by atoms with Gasteiger partial charge in [0.25, 0.3) is 0 Å². The van der Waals surface area contributed by atoms with Crippen LogP contribution >= 0.6 is 11.6 Å². The topological polar surface area (TPSA) is 74.2 Å². The van der Waals surface area contributed by atoms with Crippen LogP contribution in [0.3, 0.4) is 0 Å². The van der Waals surface area contributed by atoms with Gasteiger partial charge in [-0.15, -0.1) is 0 Å². The number of halogens is 1. The molecule has 7 nitrogen and oxygen atoms in total. The second-order valence-corrected chi connectivity index (χ2v) is 7.03. The Hall–Kier alpha value is -2.12. The van der Waals surface area contributed by atoms with E-state index >= 15 is 0 Å². The molecule has 1 fully saturated rings. The number of carbonyl (C=O) groups excluding carboxylic acids is 2. The van der Waals surface area contributed by atoms with Crippen LogP contribution in [0, 0.1) is 5.92 Å². The number of hydrogen-bond donors (Lipinski definition) is 1.